The minimum atomic E-state index is 0.552. The summed E-state index contributed by atoms with van der Waals surface area (Å²) in [6.45, 7) is 3.27. The molecule has 108 valence electrons. The van der Waals surface area contributed by atoms with Crippen LogP contribution in [0.25, 0.3) is 11.3 Å². The Kier molecular flexibility index (Phi) is 5.59. The molecule has 2 N–H and O–H groups in total. The number of pyridine rings is 1. The van der Waals surface area contributed by atoms with Crippen LogP contribution in [0.2, 0.25) is 0 Å². The van der Waals surface area contributed by atoms with Crippen molar-refractivity contribution in [1.29, 1.82) is 0 Å². The van der Waals surface area contributed by atoms with Gasteiger partial charge in [-0.3, -0.25) is 0 Å². The van der Waals surface area contributed by atoms with Crippen molar-refractivity contribution < 1.29 is 0 Å². The smallest absolute Gasteiger partial charge is 0.123 e. The predicted molar refractivity (Wildman–Crippen MR) is 83.2 cm³/mol. The van der Waals surface area contributed by atoms with Crippen molar-refractivity contribution in [3.05, 3.63) is 30.9 Å². The lowest BCUT2D eigenvalue weighted by Crippen LogP contribution is -1.99. The van der Waals surface area contributed by atoms with E-state index in [0.717, 1.165) is 17.8 Å². The van der Waals surface area contributed by atoms with E-state index in [2.05, 4.69) is 21.5 Å². The number of nitrogens with zero attached hydrogens (tertiary/aromatic N) is 3. The Morgan fingerprint density at radius 1 is 1.05 bits per heavy atom. The van der Waals surface area contributed by atoms with Crippen LogP contribution in [0.4, 0.5) is 5.82 Å². The molecule has 2 heterocycles. The summed E-state index contributed by atoms with van der Waals surface area (Å²) in [5, 5.41) is 0. The zero-order valence-corrected chi connectivity index (χ0v) is 12.3. The SMILES string of the molecule is CCCCCCCCn1cncc1-c1ccc(N)nc1. The van der Waals surface area contributed by atoms with Gasteiger partial charge in [-0.1, -0.05) is 39.0 Å². The van der Waals surface area contributed by atoms with Gasteiger partial charge in [0.2, 0.25) is 0 Å². The molecule has 20 heavy (non-hydrogen) atoms. The normalized spacial score (nSPS) is 10.8. The standard InChI is InChI=1S/C16H24N4/c1-2-3-4-5-6-7-10-20-13-18-12-15(20)14-8-9-16(17)19-11-14/h8-9,11-13H,2-7,10H2,1H3,(H2,17,19). The van der Waals surface area contributed by atoms with Crippen LogP contribution in [0, 0.1) is 0 Å². The third kappa shape index (κ3) is 4.08. The molecule has 2 rings (SSSR count). The second kappa shape index (κ2) is 7.68. The topological polar surface area (TPSA) is 56.7 Å². The van der Waals surface area contributed by atoms with E-state index in [1.165, 1.54) is 38.5 Å². The van der Waals surface area contributed by atoms with E-state index in [-0.39, 0.29) is 0 Å². The molecule has 0 atom stereocenters. The van der Waals surface area contributed by atoms with Gasteiger partial charge in [0.05, 0.1) is 18.2 Å². The molecule has 2 aromatic heterocycles. The first-order valence-corrected chi connectivity index (χ1v) is 7.53. The maximum atomic E-state index is 5.62. The molecule has 4 heteroatoms. The Labute approximate surface area is 121 Å². The van der Waals surface area contributed by atoms with E-state index < -0.39 is 0 Å². The quantitative estimate of drug-likeness (QED) is 0.742. The van der Waals surface area contributed by atoms with Crippen LogP contribution in [0.1, 0.15) is 45.4 Å². The number of nitrogens with two attached hydrogens (primary N) is 1. The van der Waals surface area contributed by atoms with Gasteiger partial charge >= 0.3 is 0 Å². The van der Waals surface area contributed by atoms with Crippen LogP contribution in [-0.2, 0) is 6.54 Å². The van der Waals surface area contributed by atoms with Crippen molar-refractivity contribution in [2.75, 3.05) is 5.73 Å². The van der Waals surface area contributed by atoms with Gasteiger partial charge in [-0.25, -0.2) is 9.97 Å². The summed E-state index contributed by atoms with van der Waals surface area (Å²) in [7, 11) is 0. The first-order chi connectivity index (χ1) is 9.81. The van der Waals surface area contributed by atoms with Gasteiger partial charge in [0.25, 0.3) is 0 Å². The third-order valence-electron chi connectivity index (χ3n) is 3.55. The highest BCUT2D eigenvalue weighted by atomic mass is 15.0. The van der Waals surface area contributed by atoms with Crippen LogP contribution >= 0.6 is 0 Å². The molecule has 0 unspecified atom stereocenters. The first kappa shape index (κ1) is 14.6. The molecule has 0 amide bonds. The Morgan fingerprint density at radius 3 is 2.60 bits per heavy atom. The van der Waals surface area contributed by atoms with Gasteiger partial charge in [0, 0.05) is 18.3 Å². The Bertz CT molecular complexity index is 501. The summed E-state index contributed by atoms with van der Waals surface area (Å²) < 4.78 is 2.20. The molecule has 0 aliphatic heterocycles. The maximum Gasteiger partial charge on any atom is 0.123 e. The molecule has 0 aliphatic carbocycles. The fourth-order valence-corrected chi connectivity index (χ4v) is 2.36. The van der Waals surface area contributed by atoms with Crippen LogP contribution < -0.4 is 5.73 Å². The monoisotopic (exact) mass is 272 g/mol. The summed E-state index contributed by atoms with van der Waals surface area (Å²) in [6, 6.07) is 3.83. The van der Waals surface area contributed by atoms with Gasteiger partial charge < -0.3 is 10.3 Å². The molecule has 4 nitrogen and oxygen atoms in total. The van der Waals surface area contributed by atoms with Gasteiger partial charge in [-0.2, -0.15) is 0 Å². The molecule has 0 saturated carbocycles. The summed E-state index contributed by atoms with van der Waals surface area (Å²) in [5.41, 5.74) is 7.81. The molecule has 0 fully saturated rings. The van der Waals surface area contributed by atoms with Crippen molar-refractivity contribution in [3.63, 3.8) is 0 Å². The van der Waals surface area contributed by atoms with Gasteiger partial charge in [0.15, 0.2) is 0 Å². The molecule has 0 bridgehead atoms. The van der Waals surface area contributed by atoms with E-state index >= 15 is 0 Å². The van der Waals surface area contributed by atoms with E-state index in [1.807, 2.05) is 30.9 Å². The van der Waals surface area contributed by atoms with Crippen LogP contribution in [0.3, 0.4) is 0 Å². The number of nitrogen functional groups attached to an aromatic ring is 1. The van der Waals surface area contributed by atoms with Crippen molar-refractivity contribution in [3.8, 4) is 11.3 Å². The lowest BCUT2D eigenvalue weighted by Gasteiger charge is -2.08. The van der Waals surface area contributed by atoms with Gasteiger partial charge in [0.1, 0.15) is 5.82 Å². The summed E-state index contributed by atoms with van der Waals surface area (Å²) >= 11 is 0. The largest absolute Gasteiger partial charge is 0.384 e. The molecule has 0 radical (unpaired) electrons. The van der Waals surface area contributed by atoms with E-state index in [9.17, 15) is 0 Å². The number of hydrogen-bond donors (Lipinski definition) is 1. The molecule has 0 aliphatic rings. The predicted octanol–water partition coefficient (Wildman–Crippen LogP) is 3.89. The van der Waals surface area contributed by atoms with E-state index in [4.69, 9.17) is 5.73 Å². The van der Waals surface area contributed by atoms with E-state index in [1.54, 1.807) is 0 Å². The van der Waals surface area contributed by atoms with Crippen molar-refractivity contribution in [2.24, 2.45) is 0 Å². The number of hydrogen-bond acceptors (Lipinski definition) is 3. The Balaban J connectivity index is 1.87. The average molecular weight is 272 g/mol. The maximum absolute atomic E-state index is 5.62. The van der Waals surface area contributed by atoms with E-state index in [0.29, 0.717) is 5.82 Å². The lowest BCUT2D eigenvalue weighted by molar-refractivity contribution is 0.560. The number of aryl methyl sites for hydroxylation is 1. The Hall–Kier alpha value is -1.84. The molecule has 0 spiro atoms. The number of unbranched alkanes of at least 4 members (excludes halogenated alkanes) is 5. The minimum Gasteiger partial charge on any atom is -0.384 e. The zero-order chi connectivity index (χ0) is 14.2. The zero-order valence-electron chi connectivity index (χ0n) is 12.3. The van der Waals surface area contributed by atoms with Gasteiger partial charge in [-0.05, 0) is 18.6 Å². The molecule has 0 aromatic carbocycles. The molecule has 2 aromatic rings. The van der Waals surface area contributed by atoms with Crippen LogP contribution in [-0.4, -0.2) is 14.5 Å². The number of imidazole rings is 1. The Morgan fingerprint density at radius 2 is 1.85 bits per heavy atom. The van der Waals surface area contributed by atoms with Crippen LogP contribution in [0.5, 0.6) is 0 Å². The lowest BCUT2D eigenvalue weighted by atomic mass is 10.1. The highest BCUT2D eigenvalue weighted by Gasteiger charge is 2.05. The van der Waals surface area contributed by atoms with Crippen LogP contribution in [0.15, 0.2) is 30.9 Å². The minimum absolute atomic E-state index is 0.552. The summed E-state index contributed by atoms with van der Waals surface area (Å²) in [4.78, 5) is 8.40. The highest BCUT2D eigenvalue weighted by molar-refractivity contribution is 5.59. The number of rotatable bonds is 8. The van der Waals surface area contributed by atoms with Crippen molar-refractivity contribution >= 4 is 5.82 Å². The third-order valence-corrected chi connectivity index (χ3v) is 3.55. The summed E-state index contributed by atoms with van der Waals surface area (Å²) in [6.07, 6.45) is 13.4. The second-order valence-corrected chi connectivity index (χ2v) is 5.21. The van der Waals surface area contributed by atoms with Crippen molar-refractivity contribution in [1.82, 2.24) is 14.5 Å². The summed E-state index contributed by atoms with van der Waals surface area (Å²) in [5.74, 6) is 0.552. The molecule has 0 saturated heterocycles. The first-order valence-electron chi connectivity index (χ1n) is 7.53. The molecular weight excluding hydrogens is 248 g/mol. The average Bonchev–Trinajstić information content (AvgIpc) is 2.92. The number of aromatic nitrogens is 3. The number of anilines is 1. The highest BCUT2D eigenvalue weighted by Crippen LogP contribution is 2.19. The van der Waals surface area contributed by atoms with Crippen molar-refractivity contribution in [2.45, 2.75) is 52.0 Å². The van der Waals surface area contributed by atoms with Gasteiger partial charge in [-0.15, -0.1) is 0 Å². The second-order valence-electron chi connectivity index (χ2n) is 5.21. The fraction of sp³-hybridized carbons (Fsp3) is 0.500. The molecular formula is C16H24N4. The fourth-order valence-electron chi connectivity index (χ4n) is 2.36.